The Balaban J connectivity index is 0.000000595. The number of phenolic OH excluding ortho intramolecular Hbond substituents is 2. The molecule has 0 saturated heterocycles. The molecule has 95 heavy (non-hydrogen) atoms. The van der Waals surface area contributed by atoms with Crippen LogP contribution in [0.15, 0.2) is 84.9 Å². The summed E-state index contributed by atoms with van der Waals surface area (Å²) in [5.41, 5.74) is 4.54. The number of ether oxygens (including phenoxy) is 9. The zero-order valence-corrected chi connectivity index (χ0v) is 58.7. The third-order valence-corrected chi connectivity index (χ3v) is 16.6. The summed E-state index contributed by atoms with van der Waals surface area (Å²) >= 11 is 0. The summed E-state index contributed by atoms with van der Waals surface area (Å²) in [5.74, 6) is 4.17. The van der Waals surface area contributed by atoms with Gasteiger partial charge in [0, 0.05) is 56.0 Å². The highest BCUT2D eigenvalue weighted by atomic mass is 32.2. The number of hydrogen-bond donors (Lipinski definition) is 12. The standard InChI is InChI=1S/C13H21NO6S.3C12H19NO5S.C10H15NO5S/c1-18-11-7-10(8-12(19-2)13(11)20-3)9-14-5-4-6-21(15,16)17;1-17-11-5-4-10(12(8-11)18-2)9-13-6-3-7-19(14,15)16;1-17-11-6-3-5-10(12(11)18-2)9-13-7-4-8-19(14,15)16;1-17-11-6-10(7-12(8-11)18-2)9-13-4-3-5-19(14,15)16;12-9-3-2-8(6-10(9)13)7-11-4-1-5-17(14,15)16/h7-8,14H,4-6,9H2,1-3H3,(H,15,16,17);4-5,8,13H,3,6-7,9H2,1-2H3,(H,14,15,16);3,5-6,13H,4,7-9H2,1-2H3,(H,14,15,16);6-8,13H,3-5,9H2,1-2H3,(H,14,15,16);2-3,6,11-13H,1,4-5,7H2,(H,14,15,16). The van der Waals surface area contributed by atoms with Gasteiger partial charge < -0.3 is 79.4 Å². The van der Waals surface area contributed by atoms with Gasteiger partial charge in [-0.15, -0.1) is 0 Å². The monoisotopic (exact) mass is 1450 g/mol. The predicted molar refractivity (Wildman–Crippen MR) is 358 cm³/mol. The van der Waals surface area contributed by atoms with Gasteiger partial charge in [-0.25, -0.2) is 0 Å². The van der Waals surface area contributed by atoms with Crippen molar-refractivity contribution in [2.45, 2.75) is 64.8 Å². The molecule has 31 nitrogen and oxygen atoms in total. The summed E-state index contributed by atoms with van der Waals surface area (Å²) < 4.78 is 195. The largest absolute Gasteiger partial charge is 0.504 e. The van der Waals surface area contributed by atoms with E-state index in [0.717, 1.165) is 27.8 Å². The molecule has 0 aromatic heterocycles. The van der Waals surface area contributed by atoms with Crippen LogP contribution in [0.3, 0.4) is 0 Å². The first-order chi connectivity index (χ1) is 44.7. The minimum absolute atomic E-state index is 0.180. The Kier molecular flexibility index (Phi) is 41.4. The van der Waals surface area contributed by atoms with Gasteiger partial charge in [0.1, 0.15) is 23.0 Å². The number of methoxy groups -OCH3 is 9. The lowest BCUT2D eigenvalue weighted by molar-refractivity contribution is 0.323. The number of nitrogens with one attached hydrogen (secondary N) is 5. The van der Waals surface area contributed by atoms with Crippen LogP contribution in [0.2, 0.25) is 0 Å². The molecule has 0 unspecified atom stereocenters. The van der Waals surface area contributed by atoms with Gasteiger partial charge in [-0.2, -0.15) is 42.1 Å². The highest BCUT2D eigenvalue weighted by Gasteiger charge is 2.15. The van der Waals surface area contributed by atoms with Gasteiger partial charge in [-0.3, -0.25) is 22.8 Å². The predicted octanol–water partition coefficient (Wildman–Crippen LogP) is 4.76. The van der Waals surface area contributed by atoms with Crippen molar-refractivity contribution in [3.8, 4) is 63.2 Å². The molecular formula is C59H93N5O26S5. The van der Waals surface area contributed by atoms with Crippen LogP contribution in [0, 0.1) is 0 Å². The first-order valence-corrected chi connectivity index (χ1v) is 36.9. The molecular weight excluding hydrogens is 1350 g/mol. The van der Waals surface area contributed by atoms with E-state index in [1.54, 1.807) is 81.1 Å². The number of rotatable bonds is 39. The van der Waals surface area contributed by atoms with Crippen LogP contribution < -0.4 is 69.2 Å². The molecule has 5 rings (SSSR count). The number of aromatic hydroxyl groups is 2. The highest BCUT2D eigenvalue weighted by Crippen LogP contribution is 2.38. The van der Waals surface area contributed by atoms with E-state index in [-0.39, 0.29) is 40.3 Å². The van der Waals surface area contributed by atoms with Crippen LogP contribution in [0.5, 0.6) is 63.2 Å². The summed E-state index contributed by atoms with van der Waals surface area (Å²) in [6, 6.07) is 24.7. The summed E-state index contributed by atoms with van der Waals surface area (Å²) in [7, 11) is -5.32. The van der Waals surface area contributed by atoms with Crippen molar-refractivity contribution in [1.82, 2.24) is 26.6 Å². The fourth-order valence-corrected chi connectivity index (χ4v) is 10.6. The van der Waals surface area contributed by atoms with Crippen LogP contribution in [-0.2, 0) is 83.3 Å². The van der Waals surface area contributed by atoms with Crippen molar-refractivity contribution in [3.05, 3.63) is 113 Å². The molecule has 0 aliphatic rings. The molecule has 0 atom stereocenters. The molecule has 0 bridgehead atoms. The first kappa shape index (κ1) is 86.3. The molecule has 0 heterocycles. The van der Waals surface area contributed by atoms with E-state index >= 15 is 0 Å². The average molecular weight is 1450 g/mol. The van der Waals surface area contributed by atoms with Crippen LogP contribution in [0.25, 0.3) is 0 Å². The molecule has 5 aromatic rings. The van der Waals surface area contributed by atoms with Gasteiger partial charge in [0.2, 0.25) is 5.75 Å². The van der Waals surface area contributed by atoms with Crippen molar-refractivity contribution in [1.29, 1.82) is 0 Å². The number of phenols is 2. The zero-order valence-electron chi connectivity index (χ0n) is 54.7. The minimum Gasteiger partial charge on any atom is -0.504 e. The van der Waals surface area contributed by atoms with Crippen molar-refractivity contribution >= 4 is 50.6 Å². The van der Waals surface area contributed by atoms with E-state index in [1.165, 1.54) is 19.2 Å². The molecule has 5 aromatic carbocycles. The van der Waals surface area contributed by atoms with Gasteiger partial charge in [-0.1, -0.05) is 24.3 Å². The maximum Gasteiger partial charge on any atom is 0.264 e. The molecule has 0 fully saturated rings. The van der Waals surface area contributed by atoms with Crippen molar-refractivity contribution in [3.63, 3.8) is 0 Å². The van der Waals surface area contributed by atoms with E-state index in [1.807, 2.05) is 48.5 Å². The van der Waals surface area contributed by atoms with Crippen molar-refractivity contribution in [2.75, 3.05) is 125 Å². The van der Waals surface area contributed by atoms with Crippen molar-refractivity contribution in [2.24, 2.45) is 0 Å². The molecule has 0 aliphatic heterocycles. The third-order valence-electron chi connectivity index (χ3n) is 12.6. The molecule has 0 amide bonds. The Labute approximate surface area is 558 Å². The zero-order chi connectivity index (χ0) is 71.7. The van der Waals surface area contributed by atoms with Gasteiger partial charge in [0.15, 0.2) is 34.5 Å². The summed E-state index contributed by atoms with van der Waals surface area (Å²) in [4.78, 5) is 0. The lowest BCUT2D eigenvalue weighted by atomic mass is 10.1. The molecule has 0 radical (unpaired) electrons. The van der Waals surface area contributed by atoms with E-state index in [4.69, 9.17) is 70.5 Å². The molecule has 540 valence electrons. The average Bonchev–Trinajstić information content (AvgIpc) is 1.02. The Bertz CT molecular complexity index is 3580. The quantitative estimate of drug-likeness (QED) is 0.0143. The van der Waals surface area contributed by atoms with Crippen LogP contribution in [0.4, 0.5) is 0 Å². The number of benzene rings is 5. The van der Waals surface area contributed by atoms with Crippen molar-refractivity contribution < 1.29 is 118 Å². The molecule has 0 saturated carbocycles. The highest BCUT2D eigenvalue weighted by molar-refractivity contribution is 7.86. The van der Waals surface area contributed by atoms with E-state index in [0.29, 0.717) is 149 Å². The fourth-order valence-electron chi connectivity index (χ4n) is 8.02. The minimum atomic E-state index is -3.90. The van der Waals surface area contributed by atoms with Gasteiger partial charge in [-0.05, 0) is 130 Å². The second kappa shape index (κ2) is 45.6. The molecule has 0 aliphatic carbocycles. The van der Waals surface area contributed by atoms with Crippen LogP contribution >= 0.6 is 0 Å². The summed E-state index contributed by atoms with van der Waals surface area (Å²) in [5, 5.41) is 33.6. The first-order valence-electron chi connectivity index (χ1n) is 28.9. The van der Waals surface area contributed by atoms with Gasteiger partial charge in [0.05, 0.1) is 92.8 Å². The molecule has 12 N–H and O–H groups in total. The number of hydrogen-bond acceptors (Lipinski definition) is 26. The normalized spacial score (nSPS) is 11.3. The van der Waals surface area contributed by atoms with Gasteiger partial charge >= 0.3 is 0 Å². The maximum atomic E-state index is 10.6. The smallest absolute Gasteiger partial charge is 0.264 e. The van der Waals surface area contributed by atoms with E-state index < -0.39 is 50.6 Å². The number of para-hydroxylation sites is 1. The van der Waals surface area contributed by atoms with E-state index in [9.17, 15) is 47.2 Å². The fraction of sp³-hybridized carbons (Fsp3) is 0.492. The summed E-state index contributed by atoms with van der Waals surface area (Å²) in [6.07, 6.45) is 1.72. The Hall–Kier alpha value is -6.75. The molecule has 0 spiro atoms. The Morgan fingerprint density at radius 2 is 0.674 bits per heavy atom. The Morgan fingerprint density at radius 1 is 0.305 bits per heavy atom. The second-order valence-corrected chi connectivity index (χ2v) is 27.9. The SMILES string of the molecule is COc1cc(CNCCCS(=O)(=O)O)cc(OC)c1.COc1cc(CNCCCS(=O)(=O)O)cc(OC)c1OC.COc1ccc(CNCCCS(=O)(=O)O)c(OC)c1.COc1cccc(CNCCCS(=O)(=O)O)c1OC.O=S(=O)(O)CCCNCc1ccc(O)c(O)c1. The second-order valence-electron chi connectivity index (χ2n) is 20.0. The Morgan fingerprint density at radius 3 is 1.03 bits per heavy atom. The lowest BCUT2D eigenvalue weighted by Crippen LogP contribution is -2.18. The van der Waals surface area contributed by atoms with E-state index in [2.05, 4.69) is 26.6 Å². The molecule has 36 heteroatoms. The van der Waals surface area contributed by atoms with Crippen LogP contribution in [0.1, 0.15) is 59.9 Å². The topological polar surface area (TPSA) is 456 Å². The van der Waals surface area contributed by atoms with Crippen LogP contribution in [-0.4, -0.2) is 201 Å². The maximum absolute atomic E-state index is 10.6. The summed E-state index contributed by atoms with van der Waals surface area (Å²) in [6.45, 7) is 5.00. The van der Waals surface area contributed by atoms with Gasteiger partial charge in [0.25, 0.3) is 50.6 Å². The third kappa shape index (κ3) is 41.1. The lowest BCUT2D eigenvalue weighted by Gasteiger charge is -2.14.